The SMILES string of the molecule is COC(=O)C(CN1CCN(C)CC1)c1cccnc1. The van der Waals surface area contributed by atoms with Gasteiger partial charge in [0.15, 0.2) is 0 Å². The van der Waals surface area contributed by atoms with Crippen molar-refractivity contribution < 1.29 is 9.53 Å². The molecular formula is C14H21N3O2. The Bertz CT molecular complexity index is 402. The van der Waals surface area contributed by atoms with Gasteiger partial charge in [-0.1, -0.05) is 6.07 Å². The number of piperazine rings is 1. The summed E-state index contributed by atoms with van der Waals surface area (Å²) in [5.41, 5.74) is 0.924. The number of hydrogen-bond donors (Lipinski definition) is 0. The van der Waals surface area contributed by atoms with Crippen LogP contribution in [-0.2, 0) is 9.53 Å². The first kappa shape index (κ1) is 14.0. The number of hydrogen-bond acceptors (Lipinski definition) is 5. The lowest BCUT2D eigenvalue weighted by molar-refractivity contribution is -0.143. The van der Waals surface area contributed by atoms with Crippen molar-refractivity contribution >= 4 is 5.97 Å². The minimum Gasteiger partial charge on any atom is -0.469 e. The van der Waals surface area contributed by atoms with E-state index in [0.29, 0.717) is 6.54 Å². The first-order chi connectivity index (χ1) is 9.20. The summed E-state index contributed by atoms with van der Waals surface area (Å²) in [7, 11) is 3.56. The van der Waals surface area contributed by atoms with E-state index in [-0.39, 0.29) is 11.9 Å². The van der Waals surface area contributed by atoms with Gasteiger partial charge in [0, 0.05) is 45.1 Å². The Morgan fingerprint density at radius 3 is 2.74 bits per heavy atom. The van der Waals surface area contributed by atoms with E-state index in [1.54, 1.807) is 12.4 Å². The predicted molar refractivity (Wildman–Crippen MR) is 72.9 cm³/mol. The fourth-order valence-corrected chi connectivity index (χ4v) is 2.33. The maximum absolute atomic E-state index is 12.0. The van der Waals surface area contributed by atoms with Crippen LogP contribution in [0.15, 0.2) is 24.5 Å². The van der Waals surface area contributed by atoms with E-state index in [1.807, 2.05) is 12.1 Å². The highest BCUT2D eigenvalue weighted by atomic mass is 16.5. The summed E-state index contributed by atoms with van der Waals surface area (Å²) in [5, 5.41) is 0. The molecule has 0 spiro atoms. The second-order valence-electron chi connectivity index (χ2n) is 4.97. The molecule has 1 aromatic rings. The van der Waals surface area contributed by atoms with Gasteiger partial charge in [-0.15, -0.1) is 0 Å². The number of carbonyl (C=O) groups is 1. The van der Waals surface area contributed by atoms with Crippen molar-refractivity contribution in [3.05, 3.63) is 30.1 Å². The summed E-state index contributed by atoms with van der Waals surface area (Å²) in [6, 6.07) is 3.79. The van der Waals surface area contributed by atoms with E-state index >= 15 is 0 Å². The minimum atomic E-state index is -0.248. The Morgan fingerprint density at radius 1 is 1.42 bits per heavy atom. The molecule has 0 amide bonds. The molecule has 1 aliphatic rings. The van der Waals surface area contributed by atoms with E-state index in [0.717, 1.165) is 31.7 Å². The van der Waals surface area contributed by atoms with E-state index in [4.69, 9.17) is 4.74 Å². The smallest absolute Gasteiger partial charge is 0.314 e. The van der Waals surface area contributed by atoms with E-state index in [2.05, 4.69) is 21.8 Å². The van der Waals surface area contributed by atoms with Gasteiger partial charge in [-0.05, 0) is 18.7 Å². The predicted octanol–water partition coefficient (Wildman–Crippen LogP) is 0.586. The number of carbonyl (C=O) groups excluding carboxylic acids is 1. The standard InChI is InChI=1S/C14H21N3O2/c1-16-6-8-17(9-7-16)11-13(14(18)19-2)12-4-3-5-15-10-12/h3-5,10,13H,6-9,11H2,1-2H3. The van der Waals surface area contributed by atoms with Gasteiger partial charge in [-0.25, -0.2) is 0 Å². The summed E-state index contributed by atoms with van der Waals surface area (Å²) >= 11 is 0. The van der Waals surface area contributed by atoms with E-state index < -0.39 is 0 Å². The minimum absolute atomic E-state index is 0.188. The van der Waals surface area contributed by atoms with Crippen LogP contribution < -0.4 is 0 Å². The third kappa shape index (κ3) is 3.75. The molecule has 1 aromatic heterocycles. The van der Waals surface area contributed by atoms with Crippen molar-refractivity contribution in [1.29, 1.82) is 0 Å². The quantitative estimate of drug-likeness (QED) is 0.744. The normalized spacial score (nSPS) is 19.1. The number of methoxy groups -OCH3 is 1. The van der Waals surface area contributed by atoms with Crippen molar-refractivity contribution in [3.63, 3.8) is 0 Å². The highest BCUT2D eigenvalue weighted by Gasteiger charge is 2.26. The number of likely N-dealkylation sites (N-methyl/N-ethyl adjacent to an activating group) is 1. The lowest BCUT2D eigenvalue weighted by atomic mass is 10.00. The van der Waals surface area contributed by atoms with Gasteiger partial charge in [-0.3, -0.25) is 14.7 Å². The highest BCUT2D eigenvalue weighted by molar-refractivity contribution is 5.78. The molecule has 0 aliphatic carbocycles. The largest absolute Gasteiger partial charge is 0.469 e. The van der Waals surface area contributed by atoms with Gasteiger partial charge in [0.05, 0.1) is 13.0 Å². The first-order valence-electron chi connectivity index (χ1n) is 6.59. The average molecular weight is 263 g/mol. The van der Waals surface area contributed by atoms with Crippen molar-refractivity contribution in [2.45, 2.75) is 5.92 Å². The van der Waals surface area contributed by atoms with Gasteiger partial charge in [0.2, 0.25) is 0 Å². The van der Waals surface area contributed by atoms with Gasteiger partial charge in [0.25, 0.3) is 0 Å². The summed E-state index contributed by atoms with van der Waals surface area (Å²) in [4.78, 5) is 20.7. The molecule has 1 fully saturated rings. The number of ether oxygens (including phenoxy) is 1. The number of nitrogens with zero attached hydrogens (tertiary/aromatic N) is 3. The zero-order chi connectivity index (χ0) is 13.7. The fourth-order valence-electron chi connectivity index (χ4n) is 2.33. The van der Waals surface area contributed by atoms with Crippen LogP contribution in [0.4, 0.5) is 0 Å². The number of esters is 1. The maximum atomic E-state index is 12.0. The molecule has 1 atom stereocenters. The van der Waals surface area contributed by atoms with Crippen LogP contribution in [0.1, 0.15) is 11.5 Å². The zero-order valence-electron chi connectivity index (χ0n) is 11.6. The highest BCUT2D eigenvalue weighted by Crippen LogP contribution is 2.18. The lowest BCUT2D eigenvalue weighted by Crippen LogP contribution is -2.46. The third-order valence-corrected chi connectivity index (χ3v) is 3.61. The van der Waals surface area contributed by atoms with Crippen LogP contribution in [-0.4, -0.2) is 67.6 Å². The summed E-state index contributed by atoms with van der Waals surface area (Å²) in [6.45, 7) is 4.77. The van der Waals surface area contributed by atoms with Crippen LogP contribution in [0.5, 0.6) is 0 Å². The van der Waals surface area contributed by atoms with Crippen LogP contribution in [0.2, 0.25) is 0 Å². The van der Waals surface area contributed by atoms with Crippen molar-refractivity contribution in [3.8, 4) is 0 Å². The van der Waals surface area contributed by atoms with Gasteiger partial charge in [0.1, 0.15) is 0 Å². The molecule has 1 aliphatic heterocycles. The first-order valence-corrected chi connectivity index (χ1v) is 6.59. The van der Waals surface area contributed by atoms with Gasteiger partial charge < -0.3 is 9.64 Å². The topological polar surface area (TPSA) is 45.7 Å². The molecule has 0 bridgehead atoms. The maximum Gasteiger partial charge on any atom is 0.314 e. The molecule has 2 rings (SSSR count). The molecule has 2 heterocycles. The molecule has 5 nitrogen and oxygen atoms in total. The molecule has 0 N–H and O–H groups in total. The fraction of sp³-hybridized carbons (Fsp3) is 0.571. The van der Waals surface area contributed by atoms with Crippen LogP contribution in [0, 0.1) is 0 Å². The Kier molecular flexibility index (Phi) is 4.87. The Labute approximate surface area is 114 Å². The molecule has 0 aromatic carbocycles. The van der Waals surface area contributed by atoms with Crippen LogP contribution in [0.3, 0.4) is 0 Å². The summed E-state index contributed by atoms with van der Waals surface area (Å²) < 4.78 is 4.93. The molecule has 0 saturated carbocycles. The Balaban J connectivity index is 2.05. The average Bonchev–Trinajstić information content (AvgIpc) is 2.47. The monoisotopic (exact) mass is 263 g/mol. The summed E-state index contributed by atoms with van der Waals surface area (Å²) in [5.74, 6) is -0.436. The molecular weight excluding hydrogens is 242 g/mol. The Morgan fingerprint density at radius 2 is 2.16 bits per heavy atom. The zero-order valence-corrected chi connectivity index (χ0v) is 11.6. The molecule has 1 unspecified atom stereocenters. The molecule has 5 heteroatoms. The second-order valence-corrected chi connectivity index (χ2v) is 4.97. The Hall–Kier alpha value is -1.46. The third-order valence-electron chi connectivity index (χ3n) is 3.61. The lowest BCUT2D eigenvalue weighted by Gasteiger charge is -2.34. The molecule has 19 heavy (non-hydrogen) atoms. The van der Waals surface area contributed by atoms with Crippen LogP contribution >= 0.6 is 0 Å². The van der Waals surface area contributed by atoms with Crippen molar-refractivity contribution in [2.24, 2.45) is 0 Å². The van der Waals surface area contributed by atoms with Gasteiger partial charge in [-0.2, -0.15) is 0 Å². The number of pyridine rings is 1. The van der Waals surface area contributed by atoms with Crippen molar-refractivity contribution in [2.75, 3.05) is 46.9 Å². The number of aromatic nitrogens is 1. The van der Waals surface area contributed by atoms with Gasteiger partial charge >= 0.3 is 5.97 Å². The molecule has 0 radical (unpaired) electrons. The van der Waals surface area contributed by atoms with E-state index in [9.17, 15) is 4.79 Å². The molecule has 104 valence electrons. The number of rotatable bonds is 4. The molecule has 1 saturated heterocycles. The van der Waals surface area contributed by atoms with E-state index in [1.165, 1.54) is 7.11 Å². The summed E-state index contributed by atoms with van der Waals surface area (Å²) in [6.07, 6.45) is 3.46. The van der Waals surface area contributed by atoms with Crippen LogP contribution in [0.25, 0.3) is 0 Å². The van der Waals surface area contributed by atoms with Crippen molar-refractivity contribution in [1.82, 2.24) is 14.8 Å². The second kappa shape index (κ2) is 6.63.